The fourth-order valence-corrected chi connectivity index (χ4v) is 3.52. The smallest absolute Gasteiger partial charge is 0.410 e. The van der Waals surface area contributed by atoms with Crippen LogP contribution in [0.3, 0.4) is 0 Å². The lowest BCUT2D eigenvalue weighted by Crippen LogP contribution is -2.62. The van der Waals surface area contributed by atoms with Crippen molar-refractivity contribution in [2.24, 2.45) is 11.3 Å². The molecule has 0 radical (unpaired) electrons. The molecule has 1 aliphatic heterocycles. The second-order valence-corrected chi connectivity index (χ2v) is 9.16. The Morgan fingerprint density at radius 3 is 1.95 bits per heavy atom. The lowest BCUT2D eigenvalue weighted by molar-refractivity contribution is 0.00301. The number of nitrogens with zero attached hydrogens (tertiary/aromatic N) is 1. The van der Waals surface area contributed by atoms with Crippen LogP contribution < -0.4 is 5.32 Å². The number of hydrogen-bond donors (Lipinski definition) is 1. The third-order valence-corrected chi connectivity index (χ3v) is 4.96. The van der Waals surface area contributed by atoms with Crippen molar-refractivity contribution in [3.8, 4) is 0 Å². The highest BCUT2D eigenvalue weighted by Gasteiger charge is 2.36. The SMILES string of the molecule is CC(C)(C)OC(=O)N1CC(NC2CCC(C(C)(C)C)CC2)C1. The molecular weight excluding hydrogens is 276 g/mol. The summed E-state index contributed by atoms with van der Waals surface area (Å²) in [5.74, 6) is 0.852. The second kappa shape index (κ2) is 6.38. The number of amides is 1. The van der Waals surface area contributed by atoms with E-state index < -0.39 is 5.60 Å². The highest BCUT2D eigenvalue weighted by molar-refractivity contribution is 5.69. The van der Waals surface area contributed by atoms with Gasteiger partial charge in [0.15, 0.2) is 0 Å². The van der Waals surface area contributed by atoms with Gasteiger partial charge in [-0.3, -0.25) is 0 Å². The third kappa shape index (κ3) is 4.87. The zero-order valence-corrected chi connectivity index (χ0v) is 15.2. The van der Waals surface area contributed by atoms with Crippen LogP contribution in [0.4, 0.5) is 4.79 Å². The van der Waals surface area contributed by atoms with Gasteiger partial charge in [0.25, 0.3) is 0 Å². The first-order valence-corrected chi connectivity index (χ1v) is 8.78. The molecule has 1 amide bonds. The maximum atomic E-state index is 11.9. The van der Waals surface area contributed by atoms with Crippen molar-refractivity contribution in [3.63, 3.8) is 0 Å². The molecule has 0 unspecified atom stereocenters. The van der Waals surface area contributed by atoms with E-state index in [-0.39, 0.29) is 6.09 Å². The van der Waals surface area contributed by atoms with Gasteiger partial charge in [-0.2, -0.15) is 0 Å². The number of nitrogens with one attached hydrogen (secondary N) is 1. The molecule has 1 heterocycles. The zero-order valence-electron chi connectivity index (χ0n) is 15.2. The minimum atomic E-state index is -0.402. The Hall–Kier alpha value is -0.770. The zero-order chi connectivity index (χ0) is 16.5. The molecule has 1 saturated heterocycles. The van der Waals surface area contributed by atoms with Gasteiger partial charge >= 0.3 is 6.09 Å². The Morgan fingerprint density at radius 1 is 0.955 bits per heavy atom. The monoisotopic (exact) mass is 310 g/mol. The minimum absolute atomic E-state index is 0.179. The van der Waals surface area contributed by atoms with Crippen LogP contribution >= 0.6 is 0 Å². The largest absolute Gasteiger partial charge is 0.444 e. The summed E-state index contributed by atoms with van der Waals surface area (Å²) in [6.45, 7) is 14.4. The van der Waals surface area contributed by atoms with Gasteiger partial charge in [-0.05, 0) is 57.8 Å². The first kappa shape index (κ1) is 17.6. The van der Waals surface area contributed by atoms with Gasteiger partial charge in [-0.1, -0.05) is 20.8 Å². The lowest BCUT2D eigenvalue weighted by Gasteiger charge is -2.44. The first-order chi connectivity index (χ1) is 10.0. The highest BCUT2D eigenvalue weighted by atomic mass is 16.6. The van der Waals surface area contributed by atoms with Gasteiger partial charge in [-0.15, -0.1) is 0 Å². The molecule has 0 atom stereocenters. The van der Waals surface area contributed by atoms with E-state index in [4.69, 9.17) is 4.74 Å². The topological polar surface area (TPSA) is 41.6 Å². The molecule has 1 saturated carbocycles. The minimum Gasteiger partial charge on any atom is -0.444 e. The Labute approximate surface area is 136 Å². The summed E-state index contributed by atoms with van der Waals surface area (Å²) in [4.78, 5) is 13.7. The Morgan fingerprint density at radius 2 is 1.50 bits per heavy atom. The maximum Gasteiger partial charge on any atom is 0.410 e. The van der Waals surface area contributed by atoms with Gasteiger partial charge in [-0.25, -0.2) is 4.79 Å². The number of carbonyl (C=O) groups excluding carboxylic acids is 1. The predicted octanol–water partition coefficient (Wildman–Crippen LogP) is 3.80. The van der Waals surface area contributed by atoms with Crippen molar-refractivity contribution >= 4 is 6.09 Å². The van der Waals surface area contributed by atoms with Crippen molar-refractivity contribution < 1.29 is 9.53 Å². The van der Waals surface area contributed by atoms with E-state index in [0.717, 1.165) is 19.0 Å². The standard InChI is InChI=1S/C18H34N2O2/c1-17(2,3)13-7-9-14(10-8-13)19-15-11-20(12-15)16(21)22-18(4,5)6/h13-15,19H,7-12H2,1-6H3. The Kier molecular flexibility index (Phi) is 5.10. The van der Waals surface area contributed by atoms with E-state index in [1.54, 1.807) is 4.90 Å². The van der Waals surface area contributed by atoms with Crippen molar-refractivity contribution in [1.29, 1.82) is 0 Å². The van der Waals surface area contributed by atoms with Crippen molar-refractivity contribution in [3.05, 3.63) is 0 Å². The van der Waals surface area contributed by atoms with Gasteiger partial charge in [0.1, 0.15) is 5.60 Å². The molecule has 128 valence electrons. The molecule has 2 fully saturated rings. The van der Waals surface area contributed by atoms with Gasteiger partial charge in [0.05, 0.1) is 0 Å². The maximum absolute atomic E-state index is 11.9. The van der Waals surface area contributed by atoms with Crippen LogP contribution in [0.2, 0.25) is 0 Å². The van der Waals surface area contributed by atoms with Crippen molar-refractivity contribution in [1.82, 2.24) is 10.2 Å². The molecular formula is C18H34N2O2. The quantitative estimate of drug-likeness (QED) is 0.843. The number of rotatable bonds is 2. The van der Waals surface area contributed by atoms with E-state index in [9.17, 15) is 4.79 Å². The van der Waals surface area contributed by atoms with E-state index in [1.165, 1.54) is 25.7 Å². The summed E-state index contributed by atoms with van der Waals surface area (Å²) >= 11 is 0. The van der Waals surface area contributed by atoms with Gasteiger partial charge < -0.3 is 15.0 Å². The van der Waals surface area contributed by atoms with Crippen molar-refractivity contribution in [2.75, 3.05) is 13.1 Å². The molecule has 0 aromatic heterocycles. The Bertz CT molecular complexity index is 381. The summed E-state index contributed by atoms with van der Waals surface area (Å²) in [5.41, 5.74) is 0.0376. The predicted molar refractivity (Wildman–Crippen MR) is 89.9 cm³/mol. The molecule has 4 nitrogen and oxygen atoms in total. The van der Waals surface area contributed by atoms with Gasteiger partial charge in [0, 0.05) is 25.2 Å². The number of hydrogen-bond acceptors (Lipinski definition) is 3. The van der Waals surface area contributed by atoms with Crippen molar-refractivity contribution in [2.45, 2.75) is 84.9 Å². The average Bonchev–Trinajstić information content (AvgIpc) is 2.30. The third-order valence-electron chi connectivity index (χ3n) is 4.96. The summed E-state index contributed by atoms with van der Waals surface area (Å²) in [6.07, 6.45) is 5.00. The summed E-state index contributed by atoms with van der Waals surface area (Å²) < 4.78 is 5.39. The normalized spacial score (nSPS) is 27.5. The van der Waals surface area contributed by atoms with Crippen LogP contribution in [0, 0.1) is 11.3 Å². The van der Waals surface area contributed by atoms with Crippen LogP contribution in [0.25, 0.3) is 0 Å². The summed E-state index contributed by atoms with van der Waals surface area (Å²) in [5, 5.41) is 3.73. The molecule has 0 aromatic rings. The molecule has 0 aromatic carbocycles. The fraction of sp³-hybridized carbons (Fsp3) is 0.944. The molecule has 0 spiro atoms. The van der Waals surface area contributed by atoms with E-state index >= 15 is 0 Å². The molecule has 1 N–H and O–H groups in total. The van der Waals surface area contributed by atoms with Gasteiger partial charge in [0.2, 0.25) is 0 Å². The number of ether oxygens (including phenoxy) is 1. The first-order valence-electron chi connectivity index (χ1n) is 8.78. The molecule has 4 heteroatoms. The van der Waals surface area contributed by atoms with Crippen LogP contribution in [-0.4, -0.2) is 41.8 Å². The fourth-order valence-electron chi connectivity index (χ4n) is 3.52. The summed E-state index contributed by atoms with van der Waals surface area (Å²) in [6, 6.07) is 1.08. The molecule has 2 aliphatic rings. The van der Waals surface area contributed by atoms with Crippen LogP contribution in [0.5, 0.6) is 0 Å². The number of likely N-dealkylation sites (tertiary alicyclic amines) is 1. The van der Waals surface area contributed by atoms with Crippen LogP contribution in [0.1, 0.15) is 67.2 Å². The average molecular weight is 310 g/mol. The molecule has 0 bridgehead atoms. The molecule has 1 aliphatic carbocycles. The van der Waals surface area contributed by atoms with E-state index in [2.05, 4.69) is 26.1 Å². The Balaban J connectivity index is 1.66. The van der Waals surface area contributed by atoms with Crippen LogP contribution in [-0.2, 0) is 4.74 Å². The summed E-state index contributed by atoms with van der Waals surface area (Å²) in [7, 11) is 0. The van der Waals surface area contributed by atoms with E-state index in [1.807, 2.05) is 20.8 Å². The molecule has 2 rings (SSSR count). The van der Waals surface area contributed by atoms with Crippen LogP contribution in [0.15, 0.2) is 0 Å². The second-order valence-electron chi connectivity index (χ2n) is 9.16. The van der Waals surface area contributed by atoms with E-state index in [0.29, 0.717) is 17.5 Å². The highest BCUT2D eigenvalue weighted by Crippen LogP contribution is 2.37. The lowest BCUT2D eigenvalue weighted by atomic mass is 9.71. The number of carbonyl (C=O) groups is 1. The molecule has 22 heavy (non-hydrogen) atoms.